The highest BCUT2D eigenvalue weighted by atomic mass is 16.5. The molecular weight excluding hydrogens is 318 g/mol. The molecule has 2 aliphatic rings. The molecule has 3 rings (SSSR count). The first-order valence-corrected chi connectivity index (χ1v) is 8.87. The lowest BCUT2D eigenvalue weighted by Crippen LogP contribution is -2.23. The van der Waals surface area contributed by atoms with Gasteiger partial charge in [0.15, 0.2) is 11.5 Å². The Hall–Kier alpha value is -2.22. The summed E-state index contributed by atoms with van der Waals surface area (Å²) in [5, 5.41) is 9.98. The number of methoxy groups -OCH3 is 2. The van der Waals surface area contributed by atoms with Crippen LogP contribution in [-0.2, 0) is 14.9 Å². The third kappa shape index (κ3) is 3.06. The number of nitriles is 1. The zero-order valence-corrected chi connectivity index (χ0v) is 15.1. The van der Waals surface area contributed by atoms with Gasteiger partial charge in [0.1, 0.15) is 0 Å². The minimum atomic E-state index is -0.505. The average Bonchev–Trinajstić information content (AvgIpc) is 3.18. The van der Waals surface area contributed by atoms with Crippen LogP contribution < -0.4 is 9.47 Å². The van der Waals surface area contributed by atoms with Gasteiger partial charge in [0, 0.05) is 0 Å². The summed E-state index contributed by atoms with van der Waals surface area (Å²) in [4.78, 5) is 11.8. The van der Waals surface area contributed by atoms with Gasteiger partial charge in [-0.15, -0.1) is 0 Å². The summed E-state index contributed by atoms with van der Waals surface area (Å²) in [7, 11) is 3.06. The van der Waals surface area contributed by atoms with Crippen LogP contribution in [0.25, 0.3) is 0 Å². The number of carbonyl (C=O) groups excluding carboxylic acids is 1. The maximum Gasteiger partial charge on any atom is 0.308 e. The summed E-state index contributed by atoms with van der Waals surface area (Å²) in [5.74, 6) is 2.05. The number of hydrogen-bond donors (Lipinski definition) is 0. The van der Waals surface area contributed by atoms with Gasteiger partial charge in [-0.25, -0.2) is 0 Å². The normalized spacial score (nSPS) is 30.4. The number of esters is 1. The number of fused-ring (bicyclic) bond motifs is 1. The van der Waals surface area contributed by atoms with Gasteiger partial charge in [-0.3, -0.25) is 4.79 Å². The fraction of sp³-hybridized carbons (Fsp3) is 0.600. The lowest BCUT2D eigenvalue weighted by Gasteiger charge is -2.24. The SMILES string of the molecule is CCOc1cc(C2(C#N)C[C@H]3CC(C(=O)OC)C[C@H]3C2)ccc1OC. The van der Waals surface area contributed by atoms with Gasteiger partial charge in [-0.1, -0.05) is 6.07 Å². The molecule has 2 aliphatic carbocycles. The van der Waals surface area contributed by atoms with Crippen molar-refractivity contribution in [1.29, 1.82) is 5.26 Å². The third-order valence-corrected chi connectivity index (χ3v) is 5.83. The van der Waals surface area contributed by atoms with Gasteiger partial charge in [0.05, 0.1) is 38.2 Å². The molecule has 1 aromatic carbocycles. The number of benzene rings is 1. The van der Waals surface area contributed by atoms with E-state index >= 15 is 0 Å². The van der Waals surface area contributed by atoms with E-state index in [1.54, 1.807) is 7.11 Å². The Bertz CT molecular complexity index is 679. The molecule has 2 saturated carbocycles. The zero-order valence-electron chi connectivity index (χ0n) is 15.1. The van der Waals surface area contributed by atoms with E-state index < -0.39 is 5.41 Å². The van der Waals surface area contributed by atoms with E-state index in [2.05, 4.69) is 6.07 Å². The molecule has 0 amide bonds. The molecule has 2 fully saturated rings. The van der Waals surface area contributed by atoms with Gasteiger partial charge in [0.2, 0.25) is 0 Å². The van der Waals surface area contributed by atoms with E-state index in [4.69, 9.17) is 14.2 Å². The first kappa shape index (κ1) is 17.6. The van der Waals surface area contributed by atoms with Crippen LogP contribution in [0.4, 0.5) is 0 Å². The van der Waals surface area contributed by atoms with Crippen LogP contribution in [0, 0.1) is 29.1 Å². The minimum absolute atomic E-state index is 0.00783. The molecule has 0 N–H and O–H groups in total. The maximum absolute atomic E-state index is 11.8. The van der Waals surface area contributed by atoms with Crippen LogP contribution in [0.5, 0.6) is 11.5 Å². The molecule has 2 unspecified atom stereocenters. The highest BCUT2D eigenvalue weighted by Crippen LogP contribution is 2.56. The Kier molecular flexibility index (Phi) is 4.89. The van der Waals surface area contributed by atoms with Crippen molar-refractivity contribution in [3.8, 4) is 17.6 Å². The molecule has 25 heavy (non-hydrogen) atoms. The molecule has 4 atom stereocenters. The van der Waals surface area contributed by atoms with E-state index in [-0.39, 0.29) is 11.9 Å². The van der Waals surface area contributed by atoms with Crippen molar-refractivity contribution in [2.24, 2.45) is 17.8 Å². The van der Waals surface area contributed by atoms with Crippen LogP contribution >= 0.6 is 0 Å². The fourth-order valence-electron chi connectivity index (χ4n) is 4.68. The molecule has 134 valence electrons. The van der Waals surface area contributed by atoms with E-state index in [1.807, 2.05) is 25.1 Å². The van der Waals surface area contributed by atoms with Crippen molar-refractivity contribution in [2.45, 2.75) is 38.0 Å². The van der Waals surface area contributed by atoms with Gasteiger partial charge in [0.25, 0.3) is 0 Å². The molecule has 1 aromatic rings. The Labute approximate surface area is 148 Å². The lowest BCUT2D eigenvalue weighted by atomic mass is 9.77. The highest BCUT2D eigenvalue weighted by molar-refractivity contribution is 5.72. The predicted molar refractivity (Wildman–Crippen MR) is 92.4 cm³/mol. The van der Waals surface area contributed by atoms with Crippen LogP contribution in [0.3, 0.4) is 0 Å². The smallest absolute Gasteiger partial charge is 0.308 e. The van der Waals surface area contributed by atoms with E-state index in [0.717, 1.165) is 31.2 Å². The van der Waals surface area contributed by atoms with Gasteiger partial charge in [-0.2, -0.15) is 5.26 Å². The van der Waals surface area contributed by atoms with Crippen LogP contribution in [0.15, 0.2) is 18.2 Å². The first-order valence-electron chi connectivity index (χ1n) is 8.87. The summed E-state index contributed by atoms with van der Waals surface area (Å²) in [6.45, 7) is 2.48. The second-order valence-corrected chi connectivity index (χ2v) is 7.11. The molecule has 0 saturated heterocycles. The van der Waals surface area contributed by atoms with Crippen LogP contribution in [0.2, 0.25) is 0 Å². The van der Waals surface area contributed by atoms with Crippen molar-refractivity contribution >= 4 is 5.97 Å². The molecule has 0 bridgehead atoms. The van der Waals surface area contributed by atoms with Crippen molar-refractivity contribution in [3.05, 3.63) is 23.8 Å². The molecular formula is C20H25NO4. The number of rotatable bonds is 5. The van der Waals surface area contributed by atoms with Gasteiger partial charge >= 0.3 is 5.97 Å². The second kappa shape index (κ2) is 6.95. The van der Waals surface area contributed by atoms with Gasteiger partial charge in [-0.05, 0) is 62.1 Å². The summed E-state index contributed by atoms with van der Waals surface area (Å²) >= 11 is 0. The molecule has 0 heterocycles. The van der Waals surface area contributed by atoms with Crippen molar-refractivity contribution < 1.29 is 19.0 Å². The molecule has 0 radical (unpaired) electrons. The van der Waals surface area contributed by atoms with E-state index in [1.165, 1.54) is 7.11 Å². The standard InChI is InChI=1S/C20H25NO4/c1-4-25-18-9-16(5-6-17(18)23-2)20(12-21)10-14-7-13(19(22)24-3)8-15(14)11-20/h5-6,9,13-15H,4,7-8,10-11H2,1-3H3/t13?,14-,15+,20?. The maximum atomic E-state index is 11.8. The Morgan fingerprint density at radius 1 is 1.24 bits per heavy atom. The largest absolute Gasteiger partial charge is 0.493 e. The predicted octanol–water partition coefficient (Wildman–Crippen LogP) is 3.46. The summed E-state index contributed by atoms with van der Waals surface area (Å²) in [6, 6.07) is 8.38. The highest BCUT2D eigenvalue weighted by Gasteiger charge is 2.52. The summed E-state index contributed by atoms with van der Waals surface area (Å²) in [6.07, 6.45) is 3.24. The lowest BCUT2D eigenvalue weighted by molar-refractivity contribution is -0.145. The summed E-state index contributed by atoms with van der Waals surface area (Å²) < 4.78 is 15.9. The van der Waals surface area contributed by atoms with Crippen molar-refractivity contribution in [1.82, 2.24) is 0 Å². The fourth-order valence-corrected chi connectivity index (χ4v) is 4.68. The molecule has 0 aromatic heterocycles. The molecule has 0 spiro atoms. The van der Waals surface area contributed by atoms with Crippen LogP contribution in [-0.4, -0.2) is 26.8 Å². The monoisotopic (exact) mass is 343 g/mol. The average molecular weight is 343 g/mol. The van der Waals surface area contributed by atoms with Crippen molar-refractivity contribution in [2.75, 3.05) is 20.8 Å². The number of nitrogens with zero attached hydrogens (tertiary/aromatic N) is 1. The minimum Gasteiger partial charge on any atom is -0.493 e. The molecule has 0 aliphatic heterocycles. The number of carbonyl (C=O) groups is 1. The Morgan fingerprint density at radius 3 is 2.44 bits per heavy atom. The zero-order chi connectivity index (χ0) is 18.0. The Morgan fingerprint density at radius 2 is 1.92 bits per heavy atom. The second-order valence-electron chi connectivity index (χ2n) is 7.11. The topological polar surface area (TPSA) is 68.5 Å². The quantitative estimate of drug-likeness (QED) is 0.766. The number of ether oxygens (including phenoxy) is 3. The Balaban J connectivity index is 1.84. The van der Waals surface area contributed by atoms with E-state index in [9.17, 15) is 10.1 Å². The molecule has 5 nitrogen and oxygen atoms in total. The van der Waals surface area contributed by atoms with Gasteiger partial charge < -0.3 is 14.2 Å². The first-order chi connectivity index (χ1) is 12.1. The molecule has 5 heteroatoms. The van der Waals surface area contributed by atoms with E-state index in [0.29, 0.717) is 29.9 Å². The van der Waals surface area contributed by atoms with Crippen molar-refractivity contribution in [3.63, 3.8) is 0 Å². The number of hydrogen-bond acceptors (Lipinski definition) is 5. The third-order valence-electron chi connectivity index (χ3n) is 5.83. The van der Waals surface area contributed by atoms with Crippen LogP contribution in [0.1, 0.15) is 38.2 Å². The summed E-state index contributed by atoms with van der Waals surface area (Å²) in [5.41, 5.74) is 0.484.